The van der Waals surface area contributed by atoms with Gasteiger partial charge < -0.3 is 10.2 Å². The van der Waals surface area contributed by atoms with Crippen molar-refractivity contribution in [2.24, 2.45) is 4.99 Å². The first-order valence-corrected chi connectivity index (χ1v) is 8.51. The van der Waals surface area contributed by atoms with Gasteiger partial charge in [0.25, 0.3) is 0 Å². The highest BCUT2D eigenvalue weighted by Gasteiger charge is 2.05. The third kappa shape index (κ3) is 5.90. The highest BCUT2D eigenvalue weighted by Crippen LogP contribution is 2.10. The molecule has 20 heavy (non-hydrogen) atoms. The molecule has 0 aromatic carbocycles. The first-order chi connectivity index (χ1) is 9.71. The minimum Gasteiger partial charge on any atom is -0.357 e. The molecule has 0 aliphatic carbocycles. The zero-order valence-corrected chi connectivity index (χ0v) is 14.1. The fraction of sp³-hybridized carbons (Fsp3) is 0.733. The molecule has 1 aromatic rings. The molecule has 1 N–H and O–H groups in total. The number of unbranched alkanes of at least 4 members (excludes halogenated alkanes) is 1. The molecule has 0 saturated carbocycles. The molecular weight excluding hydrogens is 268 g/mol. The Bertz CT molecular complexity index is 400. The van der Waals surface area contributed by atoms with Crippen LogP contribution in [0.15, 0.2) is 10.4 Å². The van der Waals surface area contributed by atoms with Crippen molar-refractivity contribution in [3.8, 4) is 0 Å². The number of thiazole rings is 1. The predicted octanol–water partition coefficient (Wildman–Crippen LogP) is 2.95. The van der Waals surface area contributed by atoms with Crippen molar-refractivity contribution < 1.29 is 0 Å². The molecule has 114 valence electrons. The topological polar surface area (TPSA) is 40.5 Å². The number of guanidine groups is 1. The minimum absolute atomic E-state index is 0.797. The molecule has 0 atom stereocenters. The Kier molecular flexibility index (Phi) is 8.26. The lowest BCUT2D eigenvalue weighted by molar-refractivity contribution is 0.465. The second-order valence-electron chi connectivity index (χ2n) is 4.85. The fourth-order valence-corrected chi connectivity index (χ4v) is 2.65. The monoisotopic (exact) mass is 296 g/mol. The van der Waals surface area contributed by atoms with Crippen molar-refractivity contribution in [1.82, 2.24) is 15.2 Å². The molecular formula is C15H28N4S. The van der Waals surface area contributed by atoms with E-state index < -0.39 is 0 Å². The SMILES string of the molecule is CCCCN(C)C(=NCCc1csc(CC)n1)NCC. The van der Waals surface area contributed by atoms with E-state index in [-0.39, 0.29) is 0 Å². The van der Waals surface area contributed by atoms with Crippen LogP contribution in [0, 0.1) is 0 Å². The van der Waals surface area contributed by atoms with Gasteiger partial charge in [-0.05, 0) is 19.8 Å². The summed E-state index contributed by atoms with van der Waals surface area (Å²) in [6.07, 6.45) is 4.36. The Balaban J connectivity index is 2.49. The normalized spacial score (nSPS) is 11.7. The molecule has 0 aliphatic rings. The third-order valence-corrected chi connectivity index (χ3v) is 4.12. The highest BCUT2D eigenvalue weighted by molar-refractivity contribution is 7.09. The van der Waals surface area contributed by atoms with Crippen LogP contribution in [0.25, 0.3) is 0 Å². The fourth-order valence-electron chi connectivity index (χ4n) is 1.87. The maximum Gasteiger partial charge on any atom is 0.193 e. The Morgan fingerprint density at radius 1 is 1.40 bits per heavy atom. The molecule has 0 radical (unpaired) electrons. The van der Waals surface area contributed by atoms with Crippen LogP contribution in [0.4, 0.5) is 0 Å². The van der Waals surface area contributed by atoms with Crippen molar-refractivity contribution in [3.05, 3.63) is 16.1 Å². The quantitative estimate of drug-likeness (QED) is 0.592. The van der Waals surface area contributed by atoms with E-state index in [1.807, 2.05) is 0 Å². The van der Waals surface area contributed by atoms with E-state index in [9.17, 15) is 0 Å². The largest absolute Gasteiger partial charge is 0.357 e. The summed E-state index contributed by atoms with van der Waals surface area (Å²) in [4.78, 5) is 11.5. The number of nitrogens with zero attached hydrogens (tertiary/aromatic N) is 3. The van der Waals surface area contributed by atoms with Crippen LogP contribution in [0.5, 0.6) is 0 Å². The van der Waals surface area contributed by atoms with Gasteiger partial charge in [0.15, 0.2) is 5.96 Å². The first-order valence-electron chi connectivity index (χ1n) is 7.63. The van der Waals surface area contributed by atoms with E-state index in [2.05, 4.69) is 48.4 Å². The zero-order chi connectivity index (χ0) is 14.8. The van der Waals surface area contributed by atoms with Crippen LogP contribution in [0.2, 0.25) is 0 Å². The van der Waals surface area contributed by atoms with Crippen molar-refractivity contribution in [2.45, 2.75) is 46.5 Å². The van der Waals surface area contributed by atoms with E-state index in [4.69, 9.17) is 4.99 Å². The molecule has 1 rings (SSSR count). The molecule has 0 fully saturated rings. The summed E-state index contributed by atoms with van der Waals surface area (Å²) in [5.74, 6) is 1.01. The Morgan fingerprint density at radius 3 is 2.80 bits per heavy atom. The molecule has 0 unspecified atom stereocenters. The number of hydrogen-bond acceptors (Lipinski definition) is 3. The summed E-state index contributed by atoms with van der Waals surface area (Å²) < 4.78 is 0. The maximum absolute atomic E-state index is 4.69. The van der Waals surface area contributed by atoms with E-state index in [0.29, 0.717) is 0 Å². The summed E-state index contributed by atoms with van der Waals surface area (Å²) >= 11 is 1.75. The molecule has 0 spiro atoms. The Labute approximate surface area is 127 Å². The van der Waals surface area contributed by atoms with Crippen LogP contribution in [-0.4, -0.2) is 42.5 Å². The van der Waals surface area contributed by atoms with Crippen molar-refractivity contribution in [1.29, 1.82) is 0 Å². The lowest BCUT2D eigenvalue weighted by atomic mass is 10.3. The highest BCUT2D eigenvalue weighted by atomic mass is 32.1. The molecule has 5 heteroatoms. The number of hydrogen-bond donors (Lipinski definition) is 1. The summed E-state index contributed by atoms with van der Waals surface area (Å²) in [5, 5.41) is 6.73. The van der Waals surface area contributed by atoms with E-state index >= 15 is 0 Å². The van der Waals surface area contributed by atoms with Gasteiger partial charge in [-0.15, -0.1) is 11.3 Å². The second kappa shape index (κ2) is 9.75. The van der Waals surface area contributed by atoms with E-state index in [1.165, 1.54) is 23.5 Å². The summed E-state index contributed by atoms with van der Waals surface area (Å²) in [6, 6.07) is 0. The Morgan fingerprint density at radius 2 is 2.20 bits per heavy atom. The Hall–Kier alpha value is -1.10. The van der Waals surface area contributed by atoms with E-state index in [1.54, 1.807) is 11.3 Å². The van der Waals surface area contributed by atoms with Gasteiger partial charge in [0.2, 0.25) is 0 Å². The number of aromatic nitrogens is 1. The number of aliphatic imine (C=N–C) groups is 1. The van der Waals surface area contributed by atoms with Gasteiger partial charge in [-0.3, -0.25) is 4.99 Å². The van der Waals surface area contributed by atoms with Gasteiger partial charge in [0, 0.05) is 38.5 Å². The van der Waals surface area contributed by atoms with Gasteiger partial charge in [0.05, 0.1) is 10.7 Å². The molecule has 0 amide bonds. The molecule has 4 nitrogen and oxygen atoms in total. The van der Waals surface area contributed by atoms with Crippen LogP contribution < -0.4 is 5.32 Å². The number of aryl methyl sites for hydroxylation is 1. The average Bonchev–Trinajstić information content (AvgIpc) is 2.91. The van der Waals surface area contributed by atoms with Gasteiger partial charge >= 0.3 is 0 Å². The van der Waals surface area contributed by atoms with Crippen LogP contribution in [-0.2, 0) is 12.8 Å². The maximum atomic E-state index is 4.69. The lowest BCUT2D eigenvalue weighted by Gasteiger charge is -2.21. The standard InChI is InChI=1S/C15H28N4S/c1-5-8-11-19(4)15(16-7-3)17-10-9-13-12-20-14(6-2)18-13/h12H,5-11H2,1-4H3,(H,16,17). The molecule has 1 heterocycles. The second-order valence-corrected chi connectivity index (χ2v) is 5.79. The summed E-state index contributed by atoms with van der Waals surface area (Å²) in [7, 11) is 2.11. The van der Waals surface area contributed by atoms with Gasteiger partial charge in [-0.2, -0.15) is 0 Å². The van der Waals surface area contributed by atoms with Crippen molar-refractivity contribution in [2.75, 3.05) is 26.7 Å². The molecule has 0 saturated heterocycles. The van der Waals surface area contributed by atoms with Crippen molar-refractivity contribution in [3.63, 3.8) is 0 Å². The summed E-state index contributed by atoms with van der Waals surface area (Å²) in [6.45, 7) is 9.23. The summed E-state index contributed by atoms with van der Waals surface area (Å²) in [5.41, 5.74) is 1.17. The lowest BCUT2D eigenvalue weighted by Crippen LogP contribution is -2.39. The minimum atomic E-state index is 0.797. The van der Waals surface area contributed by atoms with Crippen LogP contribution in [0.1, 0.15) is 44.3 Å². The van der Waals surface area contributed by atoms with Crippen LogP contribution >= 0.6 is 11.3 Å². The smallest absolute Gasteiger partial charge is 0.193 e. The third-order valence-electron chi connectivity index (χ3n) is 3.07. The number of nitrogens with one attached hydrogen (secondary N) is 1. The van der Waals surface area contributed by atoms with Gasteiger partial charge in [-0.1, -0.05) is 20.3 Å². The van der Waals surface area contributed by atoms with E-state index in [0.717, 1.165) is 38.4 Å². The van der Waals surface area contributed by atoms with Crippen molar-refractivity contribution >= 4 is 17.3 Å². The van der Waals surface area contributed by atoms with Gasteiger partial charge in [-0.25, -0.2) is 4.98 Å². The number of rotatable bonds is 8. The zero-order valence-electron chi connectivity index (χ0n) is 13.3. The van der Waals surface area contributed by atoms with Gasteiger partial charge in [0.1, 0.15) is 0 Å². The average molecular weight is 296 g/mol. The molecule has 0 aliphatic heterocycles. The molecule has 1 aromatic heterocycles. The first kappa shape index (κ1) is 17.0. The van der Waals surface area contributed by atoms with Crippen LogP contribution in [0.3, 0.4) is 0 Å². The molecule has 0 bridgehead atoms. The predicted molar refractivity (Wildman–Crippen MR) is 88.7 cm³/mol.